The van der Waals surface area contributed by atoms with E-state index >= 15 is 0 Å². The number of nitrogens with zero attached hydrogens (tertiary/aromatic N) is 1. The molecule has 2 unspecified atom stereocenters. The molecule has 2 atom stereocenters. The summed E-state index contributed by atoms with van der Waals surface area (Å²) in [6.45, 7) is 1.32. The van der Waals surface area contributed by atoms with E-state index in [0.29, 0.717) is 30.7 Å². The van der Waals surface area contributed by atoms with Gasteiger partial charge in [-0.3, -0.25) is 10.2 Å². The van der Waals surface area contributed by atoms with E-state index < -0.39 is 21.8 Å². The van der Waals surface area contributed by atoms with Crippen molar-refractivity contribution in [2.45, 2.75) is 36.9 Å². The second-order valence-electron chi connectivity index (χ2n) is 7.72. The zero-order valence-corrected chi connectivity index (χ0v) is 18.3. The number of piperidine rings is 1. The van der Waals surface area contributed by atoms with Gasteiger partial charge in [-0.05, 0) is 49.1 Å². The fourth-order valence-corrected chi connectivity index (χ4v) is 5.53. The maximum atomic E-state index is 13.2. The monoisotopic (exact) mass is 470 g/mol. The molecule has 3 N–H and O–H groups in total. The lowest BCUT2D eigenvalue weighted by Gasteiger charge is -2.30. The predicted molar refractivity (Wildman–Crippen MR) is 112 cm³/mol. The molecule has 2 aliphatic heterocycles. The molecule has 0 aliphatic carbocycles. The van der Waals surface area contributed by atoms with Crippen LogP contribution in [0.4, 0.5) is 4.39 Å². The Bertz CT molecular complexity index is 1060. The number of furan rings is 1. The number of halogens is 2. The molecular formula is C20H24ClFN4O4S. The molecule has 11 heteroatoms. The summed E-state index contributed by atoms with van der Waals surface area (Å²) >= 11 is 6.00. The molecule has 1 amide bonds. The van der Waals surface area contributed by atoms with Crippen molar-refractivity contribution >= 4 is 27.5 Å². The third-order valence-electron chi connectivity index (χ3n) is 5.60. The van der Waals surface area contributed by atoms with E-state index in [1.807, 2.05) is 0 Å². The van der Waals surface area contributed by atoms with Gasteiger partial charge in [-0.1, -0.05) is 17.7 Å². The van der Waals surface area contributed by atoms with Gasteiger partial charge in [0, 0.05) is 31.2 Å². The normalized spacial score (nSPS) is 22.5. The van der Waals surface area contributed by atoms with Crippen LogP contribution in [-0.2, 0) is 21.4 Å². The van der Waals surface area contributed by atoms with E-state index in [9.17, 15) is 17.6 Å². The Morgan fingerprint density at radius 2 is 2.13 bits per heavy atom. The van der Waals surface area contributed by atoms with Crippen molar-refractivity contribution in [3.05, 3.63) is 52.5 Å². The smallest absolute Gasteiger partial charge is 0.276 e. The van der Waals surface area contributed by atoms with Crippen LogP contribution in [-0.4, -0.2) is 38.3 Å². The van der Waals surface area contributed by atoms with Crippen molar-refractivity contribution in [2.24, 2.45) is 5.92 Å². The van der Waals surface area contributed by atoms with Gasteiger partial charge in [0.1, 0.15) is 11.6 Å². The van der Waals surface area contributed by atoms with Gasteiger partial charge < -0.3 is 9.73 Å². The average Bonchev–Trinajstić information content (AvgIpc) is 3.45. The van der Waals surface area contributed by atoms with E-state index in [1.54, 1.807) is 6.07 Å². The quantitative estimate of drug-likeness (QED) is 0.598. The van der Waals surface area contributed by atoms with Crippen molar-refractivity contribution in [3.8, 4) is 0 Å². The summed E-state index contributed by atoms with van der Waals surface area (Å²) in [6, 6.07) is 7.04. The number of nitrogens with one attached hydrogen (secondary N) is 3. The first-order chi connectivity index (χ1) is 14.8. The zero-order valence-electron chi connectivity index (χ0n) is 16.7. The maximum absolute atomic E-state index is 13.2. The number of sulfonamides is 1. The highest BCUT2D eigenvalue weighted by Gasteiger charge is 2.35. The topological polar surface area (TPSA) is 104 Å². The largest absolute Gasteiger partial charge is 0.447 e. The minimum absolute atomic E-state index is 0.0675. The van der Waals surface area contributed by atoms with Gasteiger partial charge in [-0.25, -0.2) is 18.2 Å². The fraction of sp³-hybridized carbons (Fsp3) is 0.450. The summed E-state index contributed by atoms with van der Waals surface area (Å²) in [7, 11) is -3.84. The molecule has 0 spiro atoms. The molecule has 0 bridgehead atoms. The highest BCUT2D eigenvalue weighted by Crippen LogP contribution is 2.28. The van der Waals surface area contributed by atoms with Gasteiger partial charge in [0.15, 0.2) is 0 Å². The third kappa shape index (κ3) is 4.93. The minimum Gasteiger partial charge on any atom is -0.447 e. The summed E-state index contributed by atoms with van der Waals surface area (Å²) in [6.07, 6.45) is 1.95. The Balaban J connectivity index is 1.39. The number of amides is 1. The SMILES string of the molecule is O=C(NCc1ccc(F)cc1Cl)C1CCCN(S(=O)(=O)c2ccc(C3CCNN3)o2)C1. The molecular weight excluding hydrogens is 447 g/mol. The molecule has 0 radical (unpaired) electrons. The van der Waals surface area contributed by atoms with Gasteiger partial charge in [-0.2, -0.15) is 4.31 Å². The van der Waals surface area contributed by atoms with Crippen molar-refractivity contribution in [3.63, 3.8) is 0 Å². The van der Waals surface area contributed by atoms with Crippen LogP contribution in [0.3, 0.4) is 0 Å². The van der Waals surface area contributed by atoms with Crippen LogP contribution in [0.25, 0.3) is 0 Å². The Labute approximate surface area is 185 Å². The van der Waals surface area contributed by atoms with Crippen LogP contribution in [0.2, 0.25) is 5.02 Å². The highest BCUT2D eigenvalue weighted by molar-refractivity contribution is 7.89. The zero-order chi connectivity index (χ0) is 22.0. The Morgan fingerprint density at radius 1 is 1.29 bits per heavy atom. The summed E-state index contributed by atoms with van der Waals surface area (Å²) in [5.74, 6) is -0.639. The van der Waals surface area contributed by atoms with Crippen LogP contribution in [0.5, 0.6) is 0 Å². The van der Waals surface area contributed by atoms with Crippen LogP contribution in [0.1, 0.15) is 36.6 Å². The molecule has 4 rings (SSSR count). The number of hydrogen-bond acceptors (Lipinski definition) is 6. The van der Waals surface area contributed by atoms with Crippen LogP contribution in [0, 0.1) is 11.7 Å². The molecule has 2 saturated heterocycles. The first kappa shape index (κ1) is 22.2. The minimum atomic E-state index is -3.84. The number of carbonyl (C=O) groups excluding carboxylic acids is 1. The average molecular weight is 471 g/mol. The second-order valence-corrected chi connectivity index (χ2v) is 10.0. The third-order valence-corrected chi connectivity index (χ3v) is 7.69. The van der Waals surface area contributed by atoms with Crippen molar-refractivity contribution < 1.29 is 22.0 Å². The molecule has 8 nitrogen and oxygen atoms in total. The van der Waals surface area contributed by atoms with E-state index in [2.05, 4.69) is 16.2 Å². The van der Waals surface area contributed by atoms with Crippen molar-refractivity contribution in [1.82, 2.24) is 20.5 Å². The van der Waals surface area contributed by atoms with Crippen LogP contribution < -0.4 is 16.2 Å². The van der Waals surface area contributed by atoms with Gasteiger partial charge in [-0.15, -0.1) is 0 Å². The molecule has 31 heavy (non-hydrogen) atoms. The molecule has 0 saturated carbocycles. The lowest BCUT2D eigenvalue weighted by Crippen LogP contribution is -2.45. The fourth-order valence-electron chi connectivity index (χ4n) is 3.85. The molecule has 3 heterocycles. The molecule has 2 fully saturated rings. The molecule has 2 aromatic rings. The first-order valence-electron chi connectivity index (χ1n) is 10.1. The summed E-state index contributed by atoms with van der Waals surface area (Å²) < 4.78 is 46.2. The summed E-state index contributed by atoms with van der Waals surface area (Å²) in [4.78, 5) is 12.6. The molecule has 2 aliphatic rings. The van der Waals surface area contributed by atoms with Gasteiger partial charge in [0.25, 0.3) is 10.0 Å². The van der Waals surface area contributed by atoms with E-state index in [0.717, 1.165) is 13.0 Å². The standard InChI is InChI=1S/C20H24ClFN4O4S/c21-16-10-15(22)4-3-13(16)11-23-20(27)14-2-1-9-26(12-14)31(28,29)19-6-5-18(30-19)17-7-8-24-25-17/h3-6,10,14,17,24-25H,1-2,7-9,11-12H2,(H,23,27). The summed E-state index contributed by atoms with van der Waals surface area (Å²) in [5, 5.41) is 2.89. The van der Waals surface area contributed by atoms with Crippen LogP contribution in [0.15, 0.2) is 39.8 Å². The lowest BCUT2D eigenvalue weighted by molar-refractivity contribution is -0.126. The van der Waals surface area contributed by atoms with E-state index in [-0.39, 0.29) is 35.2 Å². The number of hydrazine groups is 1. The number of rotatable bonds is 6. The Morgan fingerprint density at radius 3 is 2.87 bits per heavy atom. The maximum Gasteiger partial charge on any atom is 0.276 e. The van der Waals surface area contributed by atoms with Gasteiger partial charge in [0.2, 0.25) is 11.0 Å². The van der Waals surface area contributed by atoms with Crippen LogP contribution >= 0.6 is 11.6 Å². The second kappa shape index (κ2) is 9.25. The van der Waals surface area contributed by atoms with Gasteiger partial charge >= 0.3 is 0 Å². The number of carbonyl (C=O) groups is 1. The van der Waals surface area contributed by atoms with E-state index in [4.69, 9.17) is 16.0 Å². The molecule has 1 aromatic carbocycles. The molecule has 1 aromatic heterocycles. The van der Waals surface area contributed by atoms with E-state index in [1.165, 1.54) is 28.6 Å². The van der Waals surface area contributed by atoms with Crippen molar-refractivity contribution in [1.29, 1.82) is 0 Å². The first-order valence-corrected chi connectivity index (χ1v) is 12.0. The predicted octanol–water partition coefficient (Wildman–Crippen LogP) is 2.33. The Kier molecular flexibility index (Phi) is 6.63. The Hall–Kier alpha value is -1.98. The number of benzene rings is 1. The highest BCUT2D eigenvalue weighted by atomic mass is 35.5. The summed E-state index contributed by atoms with van der Waals surface area (Å²) in [5.41, 5.74) is 6.62. The van der Waals surface area contributed by atoms with Crippen molar-refractivity contribution in [2.75, 3.05) is 19.6 Å². The lowest BCUT2D eigenvalue weighted by atomic mass is 9.99. The number of hydrogen-bond donors (Lipinski definition) is 3. The van der Waals surface area contributed by atoms with Gasteiger partial charge in [0.05, 0.1) is 12.0 Å². The molecule has 168 valence electrons.